The largest absolute Gasteiger partial charge is 0.479 e. The number of carboxylic acids is 1. The second-order valence-corrected chi connectivity index (χ2v) is 6.72. The smallest absolute Gasteiger partial charge is 0.408 e. The number of benzene rings is 1. The van der Waals surface area contributed by atoms with Gasteiger partial charge in [-0.05, 0) is 32.3 Å². The van der Waals surface area contributed by atoms with E-state index in [0.29, 0.717) is 0 Å². The SMILES string of the molecule is CC(C)[C@](Cc1ccccc1)(NC(=O)OC(C)(C)C)C(=O)O. The minimum atomic E-state index is -1.41. The Morgan fingerprint density at radius 2 is 1.73 bits per heavy atom. The number of amides is 1. The van der Waals surface area contributed by atoms with Gasteiger partial charge in [-0.15, -0.1) is 0 Å². The highest BCUT2D eigenvalue weighted by Crippen LogP contribution is 2.24. The molecular weight excluding hydrogens is 282 g/mol. The van der Waals surface area contributed by atoms with Gasteiger partial charge in [0.05, 0.1) is 0 Å². The molecule has 0 aliphatic heterocycles. The van der Waals surface area contributed by atoms with E-state index >= 15 is 0 Å². The molecule has 5 heteroatoms. The van der Waals surface area contributed by atoms with Crippen LogP contribution < -0.4 is 5.32 Å². The molecule has 1 rings (SSSR count). The third-order valence-electron chi connectivity index (χ3n) is 3.42. The topological polar surface area (TPSA) is 75.6 Å². The van der Waals surface area contributed by atoms with Gasteiger partial charge in [0.1, 0.15) is 11.1 Å². The Kier molecular flexibility index (Phi) is 5.58. The number of hydrogen-bond acceptors (Lipinski definition) is 3. The van der Waals surface area contributed by atoms with Gasteiger partial charge in [-0.2, -0.15) is 0 Å². The fraction of sp³-hybridized carbons (Fsp3) is 0.529. The van der Waals surface area contributed by atoms with Crippen molar-refractivity contribution in [1.29, 1.82) is 0 Å². The molecule has 0 saturated carbocycles. The van der Waals surface area contributed by atoms with E-state index in [-0.39, 0.29) is 12.3 Å². The van der Waals surface area contributed by atoms with Crippen molar-refractivity contribution in [3.8, 4) is 0 Å². The van der Waals surface area contributed by atoms with E-state index in [1.807, 2.05) is 30.3 Å². The van der Waals surface area contributed by atoms with E-state index in [0.717, 1.165) is 5.56 Å². The van der Waals surface area contributed by atoms with Gasteiger partial charge in [-0.3, -0.25) is 0 Å². The fourth-order valence-corrected chi connectivity index (χ4v) is 2.17. The van der Waals surface area contributed by atoms with Crippen molar-refractivity contribution in [3.63, 3.8) is 0 Å². The minimum absolute atomic E-state index is 0.195. The molecule has 1 aromatic carbocycles. The Morgan fingerprint density at radius 1 is 1.18 bits per heavy atom. The van der Waals surface area contributed by atoms with Crippen LogP contribution in [0.3, 0.4) is 0 Å². The van der Waals surface area contributed by atoms with Crippen molar-refractivity contribution >= 4 is 12.1 Å². The molecule has 1 aromatic rings. The van der Waals surface area contributed by atoms with Crippen molar-refractivity contribution < 1.29 is 19.4 Å². The van der Waals surface area contributed by atoms with Crippen molar-refractivity contribution in [3.05, 3.63) is 35.9 Å². The molecule has 0 unspecified atom stereocenters. The molecule has 0 bridgehead atoms. The van der Waals surface area contributed by atoms with Crippen LogP contribution in [0.2, 0.25) is 0 Å². The van der Waals surface area contributed by atoms with Crippen molar-refractivity contribution in [2.75, 3.05) is 0 Å². The summed E-state index contributed by atoms with van der Waals surface area (Å²) in [5.41, 5.74) is -1.25. The van der Waals surface area contributed by atoms with Gasteiger partial charge < -0.3 is 15.2 Å². The normalized spacial score (nSPS) is 14.3. The quantitative estimate of drug-likeness (QED) is 0.875. The number of nitrogens with one attached hydrogen (secondary N) is 1. The lowest BCUT2D eigenvalue weighted by Gasteiger charge is -2.35. The molecule has 2 N–H and O–H groups in total. The summed E-state index contributed by atoms with van der Waals surface area (Å²) in [6.45, 7) is 8.76. The maximum absolute atomic E-state index is 12.1. The minimum Gasteiger partial charge on any atom is -0.479 e. The Bertz CT molecular complexity index is 519. The van der Waals surface area contributed by atoms with Gasteiger partial charge in [0, 0.05) is 6.42 Å². The molecule has 0 aliphatic rings. The number of aliphatic carboxylic acids is 1. The van der Waals surface area contributed by atoms with Gasteiger partial charge in [0.25, 0.3) is 0 Å². The molecule has 1 atom stereocenters. The summed E-state index contributed by atoms with van der Waals surface area (Å²) in [5, 5.41) is 12.3. The van der Waals surface area contributed by atoms with E-state index in [9.17, 15) is 14.7 Å². The number of carbonyl (C=O) groups excluding carboxylic acids is 1. The number of carbonyl (C=O) groups is 2. The predicted molar refractivity (Wildman–Crippen MR) is 84.7 cm³/mol. The third kappa shape index (κ3) is 4.76. The predicted octanol–water partition coefficient (Wildman–Crippen LogP) is 3.23. The van der Waals surface area contributed by atoms with Gasteiger partial charge in [-0.25, -0.2) is 9.59 Å². The summed E-state index contributed by atoms with van der Waals surface area (Å²) in [5.74, 6) is -1.38. The molecule has 1 amide bonds. The first-order chi connectivity index (χ1) is 10.1. The summed E-state index contributed by atoms with van der Waals surface area (Å²) in [7, 11) is 0. The second-order valence-electron chi connectivity index (χ2n) is 6.72. The highest BCUT2D eigenvalue weighted by atomic mass is 16.6. The molecule has 0 aliphatic carbocycles. The summed E-state index contributed by atoms with van der Waals surface area (Å²) >= 11 is 0. The fourth-order valence-electron chi connectivity index (χ4n) is 2.17. The van der Waals surface area contributed by atoms with E-state index in [2.05, 4.69) is 5.32 Å². The summed E-state index contributed by atoms with van der Waals surface area (Å²) in [6.07, 6.45) is -0.528. The van der Waals surface area contributed by atoms with Crippen LogP contribution in [0.1, 0.15) is 40.2 Å². The number of hydrogen-bond donors (Lipinski definition) is 2. The van der Waals surface area contributed by atoms with Crippen molar-refractivity contribution in [2.45, 2.75) is 52.2 Å². The highest BCUT2D eigenvalue weighted by molar-refractivity contribution is 5.85. The Hall–Kier alpha value is -2.04. The molecule has 0 radical (unpaired) electrons. The van der Waals surface area contributed by atoms with Crippen LogP contribution in [0.4, 0.5) is 4.79 Å². The molecule has 0 fully saturated rings. The Morgan fingerprint density at radius 3 is 2.14 bits per heavy atom. The van der Waals surface area contributed by atoms with Crippen LogP contribution in [0.15, 0.2) is 30.3 Å². The average molecular weight is 307 g/mol. The molecule has 0 saturated heterocycles. The van der Waals surface area contributed by atoms with Crippen molar-refractivity contribution in [2.24, 2.45) is 5.92 Å². The number of alkyl carbamates (subject to hydrolysis) is 1. The number of ether oxygens (including phenoxy) is 1. The van der Waals surface area contributed by atoms with Crippen LogP contribution in [0, 0.1) is 5.92 Å². The lowest BCUT2D eigenvalue weighted by Crippen LogP contribution is -2.60. The standard InChI is InChI=1S/C17H25NO4/c1-12(2)17(14(19)20,11-13-9-7-6-8-10-13)18-15(21)22-16(3,4)5/h6-10,12H,11H2,1-5H3,(H,18,21)(H,19,20)/t17-/m0/s1. The molecular formula is C17H25NO4. The van der Waals surface area contributed by atoms with Crippen LogP contribution in [-0.2, 0) is 16.0 Å². The second kappa shape index (κ2) is 6.81. The first-order valence-corrected chi connectivity index (χ1v) is 7.35. The monoisotopic (exact) mass is 307 g/mol. The lowest BCUT2D eigenvalue weighted by molar-refractivity contribution is -0.147. The van der Waals surface area contributed by atoms with Crippen LogP contribution in [-0.4, -0.2) is 28.3 Å². The zero-order valence-electron chi connectivity index (χ0n) is 13.8. The maximum Gasteiger partial charge on any atom is 0.408 e. The van der Waals surface area contributed by atoms with E-state index < -0.39 is 23.2 Å². The molecule has 0 heterocycles. The molecule has 22 heavy (non-hydrogen) atoms. The van der Waals surface area contributed by atoms with Gasteiger partial charge >= 0.3 is 12.1 Å². The lowest BCUT2D eigenvalue weighted by atomic mass is 9.81. The van der Waals surface area contributed by atoms with Crippen molar-refractivity contribution in [1.82, 2.24) is 5.32 Å². The summed E-state index contributed by atoms with van der Waals surface area (Å²) < 4.78 is 5.22. The zero-order chi connectivity index (χ0) is 17.0. The molecule has 0 spiro atoms. The van der Waals surface area contributed by atoms with E-state index in [4.69, 9.17) is 4.74 Å². The van der Waals surface area contributed by atoms with Crippen LogP contribution in [0.25, 0.3) is 0 Å². The van der Waals surface area contributed by atoms with Gasteiger partial charge in [0.15, 0.2) is 0 Å². The molecule has 5 nitrogen and oxygen atoms in total. The molecule has 122 valence electrons. The first kappa shape index (κ1) is 18.0. The number of rotatable bonds is 5. The van der Waals surface area contributed by atoms with Gasteiger partial charge in [-0.1, -0.05) is 44.2 Å². The molecule has 0 aromatic heterocycles. The maximum atomic E-state index is 12.1. The van der Waals surface area contributed by atoms with Gasteiger partial charge in [0.2, 0.25) is 0 Å². The van der Waals surface area contributed by atoms with Crippen LogP contribution >= 0.6 is 0 Å². The Labute approximate surface area is 131 Å². The summed E-state index contributed by atoms with van der Waals surface area (Å²) in [6, 6.07) is 9.24. The summed E-state index contributed by atoms with van der Waals surface area (Å²) in [4.78, 5) is 24.0. The third-order valence-corrected chi connectivity index (χ3v) is 3.42. The van der Waals surface area contributed by atoms with E-state index in [1.54, 1.807) is 34.6 Å². The first-order valence-electron chi connectivity index (χ1n) is 7.35. The average Bonchev–Trinajstić information content (AvgIpc) is 2.36. The zero-order valence-corrected chi connectivity index (χ0v) is 13.8. The number of carboxylic acid groups (broad SMARTS) is 1. The van der Waals surface area contributed by atoms with Crippen LogP contribution in [0.5, 0.6) is 0 Å². The Balaban J connectivity index is 3.06. The highest BCUT2D eigenvalue weighted by Gasteiger charge is 2.44. The van der Waals surface area contributed by atoms with E-state index in [1.165, 1.54) is 0 Å².